The zero-order valence-electron chi connectivity index (χ0n) is 16.4. The van der Waals surface area contributed by atoms with E-state index >= 15 is 0 Å². The van der Waals surface area contributed by atoms with Gasteiger partial charge in [0, 0.05) is 31.6 Å². The third-order valence-corrected chi connectivity index (χ3v) is 5.05. The number of aryl methyl sites for hydroxylation is 3. The van der Waals surface area contributed by atoms with Gasteiger partial charge in [0.1, 0.15) is 11.3 Å². The Balaban J connectivity index is 1.29. The van der Waals surface area contributed by atoms with Crippen molar-refractivity contribution >= 4 is 22.5 Å². The summed E-state index contributed by atoms with van der Waals surface area (Å²) >= 11 is 0. The first-order valence-electron chi connectivity index (χ1n) is 9.90. The molecule has 0 aliphatic rings. The monoisotopic (exact) mass is 392 g/mol. The smallest absolute Gasteiger partial charge is 0.291 e. The van der Waals surface area contributed by atoms with Crippen LogP contribution in [0.4, 0.5) is 0 Å². The fraction of sp³-hybridized carbons (Fsp3) is 0.318. The van der Waals surface area contributed by atoms with Crippen LogP contribution in [0, 0.1) is 6.92 Å². The van der Waals surface area contributed by atoms with E-state index < -0.39 is 0 Å². The summed E-state index contributed by atoms with van der Waals surface area (Å²) in [4.78, 5) is 24.8. The van der Waals surface area contributed by atoms with Gasteiger partial charge in [-0.3, -0.25) is 14.0 Å². The molecule has 4 aromatic rings. The van der Waals surface area contributed by atoms with Gasteiger partial charge < -0.3 is 9.73 Å². The van der Waals surface area contributed by atoms with Crippen molar-refractivity contribution in [1.29, 1.82) is 0 Å². The Morgan fingerprint density at radius 2 is 1.97 bits per heavy atom. The molecule has 0 aliphatic carbocycles. The van der Waals surface area contributed by atoms with Crippen molar-refractivity contribution in [2.75, 3.05) is 6.54 Å². The molecule has 4 rings (SSSR count). The maximum Gasteiger partial charge on any atom is 0.291 e. The molecule has 3 aromatic heterocycles. The van der Waals surface area contributed by atoms with Gasteiger partial charge in [-0.2, -0.15) is 5.10 Å². The molecule has 0 fully saturated rings. The lowest BCUT2D eigenvalue weighted by molar-refractivity contribution is -0.121. The topological polar surface area (TPSA) is 81.5 Å². The number of nitrogens with one attached hydrogen (secondary N) is 1. The van der Waals surface area contributed by atoms with Gasteiger partial charge in [-0.1, -0.05) is 30.3 Å². The first kappa shape index (κ1) is 19.0. The summed E-state index contributed by atoms with van der Waals surface area (Å²) in [6.07, 6.45) is 4.37. The minimum Gasteiger partial charge on any atom is -0.463 e. The quantitative estimate of drug-likeness (QED) is 0.467. The molecule has 1 N–H and O–H groups in total. The van der Waals surface area contributed by atoms with Crippen molar-refractivity contribution in [3.8, 4) is 0 Å². The van der Waals surface area contributed by atoms with Crippen LogP contribution < -0.4 is 10.9 Å². The molecule has 0 saturated heterocycles. The molecular formula is C22H24N4O3. The van der Waals surface area contributed by atoms with Crippen molar-refractivity contribution < 1.29 is 9.21 Å². The number of aromatic nitrogens is 3. The number of carbonyl (C=O) groups is 1. The van der Waals surface area contributed by atoms with Crippen LogP contribution in [0.1, 0.15) is 30.7 Å². The van der Waals surface area contributed by atoms with Crippen molar-refractivity contribution in [2.24, 2.45) is 0 Å². The highest BCUT2D eigenvalue weighted by atomic mass is 16.3. The van der Waals surface area contributed by atoms with E-state index in [9.17, 15) is 9.59 Å². The second kappa shape index (κ2) is 8.34. The Bertz CT molecular complexity index is 1190. The molecule has 0 saturated carbocycles. The summed E-state index contributed by atoms with van der Waals surface area (Å²) < 4.78 is 8.63. The SMILES string of the molecule is Cc1nn(CCCC(=O)NCCCc2ccccc2)c(=O)c2cc3occc3n12. The Morgan fingerprint density at radius 1 is 1.14 bits per heavy atom. The van der Waals surface area contributed by atoms with Gasteiger partial charge in [-0.25, -0.2) is 4.68 Å². The van der Waals surface area contributed by atoms with Crippen molar-refractivity contribution in [2.45, 2.75) is 39.2 Å². The number of furan rings is 1. The molecular weight excluding hydrogens is 368 g/mol. The first-order valence-corrected chi connectivity index (χ1v) is 9.90. The van der Waals surface area contributed by atoms with Crippen molar-refractivity contribution in [3.05, 3.63) is 70.5 Å². The van der Waals surface area contributed by atoms with Crippen molar-refractivity contribution in [3.63, 3.8) is 0 Å². The molecule has 7 nitrogen and oxygen atoms in total. The Hall–Kier alpha value is -3.35. The summed E-state index contributed by atoms with van der Waals surface area (Å²) in [6.45, 7) is 2.91. The summed E-state index contributed by atoms with van der Waals surface area (Å²) in [5, 5.41) is 7.35. The summed E-state index contributed by atoms with van der Waals surface area (Å²) in [6, 6.07) is 13.8. The zero-order valence-corrected chi connectivity index (χ0v) is 16.4. The highest BCUT2D eigenvalue weighted by molar-refractivity contribution is 5.82. The lowest BCUT2D eigenvalue weighted by Gasteiger charge is -2.09. The fourth-order valence-electron chi connectivity index (χ4n) is 3.62. The van der Waals surface area contributed by atoms with E-state index in [2.05, 4.69) is 22.5 Å². The number of hydrogen-bond donors (Lipinski definition) is 1. The largest absolute Gasteiger partial charge is 0.463 e. The van der Waals surface area contributed by atoms with Gasteiger partial charge in [0.2, 0.25) is 5.91 Å². The Kier molecular flexibility index (Phi) is 5.46. The highest BCUT2D eigenvalue weighted by Crippen LogP contribution is 2.19. The van der Waals surface area contributed by atoms with E-state index in [4.69, 9.17) is 4.42 Å². The number of benzene rings is 1. The van der Waals surface area contributed by atoms with Gasteiger partial charge in [0.15, 0.2) is 5.58 Å². The normalized spacial score (nSPS) is 11.3. The highest BCUT2D eigenvalue weighted by Gasteiger charge is 2.14. The van der Waals surface area contributed by atoms with E-state index in [-0.39, 0.29) is 11.5 Å². The molecule has 0 aliphatic heterocycles. The number of fused-ring (bicyclic) bond motifs is 3. The Labute approximate surface area is 167 Å². The summed E-state index contributed by atoms with van der Waals surface area (Å²) in [7, 11) is 0. The molecule has 0 atom stereocenters. The average Bonchev–Trinajstić information content (AvgIpc) is 3.31. The van der Waals surface area contributed by atoms with E-state index in [0.717, 1.165) is 18.4 Å². The molecule has 7 heteroatoms. The molecule has 0 bridgehead atoms. The van der Waals surface area contributed by atoms with Crippen LogP contribution >= 0.6 is 0 Å². The van der Waals surface area contributed by atoms with Gasteiger partial charge in [-0.15, -0.1) is 0 Å². The first-order chi connectivity index (χ1) is 14.1. The van der Waals surface area contributed by atoms with Crippen LogP contribution in [-0.4, -0.2) is 26.6 Å². The van der Waals surface area contributed by atoms with Crippen molar-refractivity contribution in [1.82, 2.24) is 19.5 Å². The van der Waals surface area contributed by atoms with E-state index in [1.165, 1.54) is 10.2 Å². The minimum absolute atomic E-state index is 0.00381. The van der Waals surface area contributed by atoms with E-state index in [1.54, 1.807) is 16.7 Å². The molecule has 29 heavy (non-hydrogen) atoms. The number of carbonyl (C=O) groups excluding carboxylic acids is 1. The lowest BCUT2D eigenvalue weighted by atomic mass is 10.1. The average molecular weight is 392 g/mol. The van der Waals surface area contributed by atoms with Gasteiger partial charge in [0.05, 0.1) is 11.8 Å². The van der Waals surface area contributed by atoms with Crippen LogP contribution in [0.25, 0.3) is 16.6 Å². The number of hydrogen-bond acceptors (Lipinski definition) is 4. The molecule has 3 heterocycles. The minimum atomic E-state index is -0.176. The number of amides is 1. The van der Waals surface area contributed by atoms with E-state index in [1.807, 2.05) is 31.2 Å². The maximum absolute atomic E-state index is 12.7. The number of nitrogens with zero attached hydrogens (tertiary/aromatic N) is 3. The predicted octanol–water partition coefficient (Wildman–Crippen LogP) is 3.08. The second-order valence-corrected chi connectivity index (χ2v) is 7.15. The fourth-order valence-corrected chi connectivity index (χ4v) is 3.62. The molecule has 1 aromatic carbocycles. The summed E-state index contributed by atoms with van der Waals surface area (Å²) in [5.74, 6) is 0.713. The summed E-state index contributed by atoms with van der Waals surface area (Å²) in [5.41, 5.74) is 3.14. The number of rotatable bonds is 8. The Morgan fingerprint density at radius 3 is 2.79 bits per heavy atom. The molecule has 0 spiro atoms. The molecule has 150 valence electrons. The standard InChI is InChI=1S/C22H24N4O3/c1-16-24-25(22(28)19-15-20-18(26(16)19)11-14-29-20)13-6-10-21(27)23-12-5-9-17-7-3-2-4-8-17/h2-4,7-8,11,14-15H,5-6,9-10,12-13H2,1H3,(H,23,27). The van der Waals surface area contributed by atoms with Crippen LogP contribution in [0.5, 0.6) is 0 Å². The molecule has 1 amide bonds. The van der Waals surface area contributed by atoms with Crippen LogP contribution in [0.15, 0.2) is 57.9 Å². The third-order valence-electron chi connectivity index (χ3n) is 5.05. The predicted molar refractivity (Wildman–Crippen MR) is 111 cm³/mol. The van der Waals surface area contributed by atoms with Gasteiger partial charge in [0.25, 0.3) is 5.56 Å². The van der Waals surface area contributed by atoms with Crippen LogP contribution in [0.2, 0.25) is 0 Å². The molecule has 0 unspecified atom stereocenters. The van der Waals surface area contributed by atoms with E-state index in [0.29, 0.717) is 42.9 Å². The van der Waals surface area contributed by atoms with Crippen LogP contribution in [0.3, 0.4) is 0 Å². The van der Waals surface area contributed by atoms with Crippen LogP contribution in [-0.2, 0) is 17.8 Å². The maximum atomic E-state index is 12.7. The van der Waals surface area contributed by atoms with Gasteiger partial charge >= 0.3 is 0 Å². The second-order valence-electron chi connectivity index (χ2n) is 7.15. The lowest BCUT2D eigenvalue weighted by Crippen LogP contribution is -2.28. The zero-order chi connectivity index (χ0) is 20.2. The molecule has 0 radical (unpaired) electrons. The van der Waals surface area contributed by atoms with Gasteiger partial charge in [-0.05, 0) is 31.7 Å². The third kappa shape index (κ3) is 4.08.